The average Bonchev–Trinajstić information content (AvgIpc) is 2.88. The number of carbonyl (C=O) groups is 1. The molecule has 0 fully saturated rings. The molecule has 3 aromatic carbocycles. The summed E-state index contributed by atoms with van der Waals surface area (Å²) >= 11 is 0. The summed E-state index contributed by atoms with van der Waals surface area (Å²) in [4.78, 5) is 40.1. The van der Waals surface area contributed by atoms with Crippen LogP contribution in [0.3, 0.4) is 0 Å². The van der Waals surface area contributed by atoms with Gasteiger partial charge in [0.15, 0.2) is 17.7 Å². The van der Waals surface area contributed by atoms with Crippen molar-refractivity contribution in [1.82, 2.24) is 9.66 Å². The fraction of sp³-hybridized carbons (Fsp3) is 0.120. The maximum atomic E-state index is 13.3. The van der Waals surface area contributed by atoms with Gasteiger partial charge in [0.1, 0.15) is 0 Å². The zero-order valence-electron chi connectivity index (χ0n) is 19.2. The van der Waals surface area contributed by atoms with Gasteiger partial charge in [-0.05, 0) is 25.1 Å². The molecule has 0 unspecified atom stereocenters. The van der Waals surface area contributed by atoms with Gasteiger partial charge in [-0.1, -0.05) is 42.5 Å². The van der Waals surface area contributed by atoms with E-state index in [-0.39, 0.29) is 22.9 Å². The number of fused-ring (bicyclic) bond motifs is 1. The van der Waals surface area contributed by atoms with Crippen molar-refractivity contribution in [2.45, 2.75) is 13.0 Å². The van der Waals surface area contributed by atoms with Gasteiger partial charge in [-0.2, -0.15) is 9.78 Å². The summed E-state index contributed by atoms with van der Waals surface area (Å²) in [6.45, 7) is 1.24. The lowest BCUT2D eigenvalue weighted by Crippen LogP contribution is -2.23. The van der Waals surface area contributed by atoms with E-state index in [4.69, 9.17) is 14.6 Å². The molecule has 11 heteroatoms. The molecule has 0 saturated heterocycles. The third-order valence-corrected chi connectivity index (χ3v) is 5.22. The highest BCUT2D eigenvalue weighted by Gasteiger charge is 2.26. The lowest BCUT2D eigenvalue weighted by atomic mass is 10.1. The van der Waals surface area contributed by atoms with E-state index in [9.17, 15) is 19.7 Å². The molecule has 4 aromatic rings. The van der Waals surface area contributed by atoms with Crippen LogP contribution in [-0.2, 0) is 4.79 Å². The molecule has 11 nitrogen and oxygen atoms in total. The second-order valence-corrected chi connectivity index (χ2v) is 7.61. The van der Waals surface area contributed by atoms with Crippen molar-refractivity contribution in [2.75, 3.05) is 7.11 Å². The van der Waals surface area contributed by atoms with Crippen molar-refractivity contribution in [3.05, 3.63) is 92.8 Å². The topological polar surface area (TPSA) is 146 Å². The number of hydrogen-bond donors (Lipinski definition) is 1. The molecule has 0 aliphatic heterocycles. The molecular weight excluding hydrogens is 468 g/mol. The number of nitro groups is 1. The van der Waals surface area contributed by atoms with Gasteiger partial charge in [0.2, 0.25) is 5.75 Å². The summed E-state index contributed by atoms with van der Waals surface area (Å²) in [5.74, 6) is -1.41. The summed E-state index contributed by atoms with van der Waals surface area (Å²) in [6, 6.07) is 18.4. The van der Waals surface area contributed by atoms with Gasteiger partial charge in [-0.15, -0.1) is 0 Å². The van der Waals surface area contributed by atoms with Crippen LogP contribution in [0.1, 0.15) is 12.5 Å². The minimum absolute atomic E-state index is 0.0639. The Kier molecular flexibility index (Phi) is 6.72. The van der Waals surface area contributed by atoms with E-state index in [1.807, 2.05) is 6.07 Å². The second-order valence-electron chi connectivity index (χ2n) is 7.61. The number of aliphatic carboxylic acids is 1. The average molecular weight is 488 g/mol. The van der Waals surface area contributed by atoms with Crippen molar-refractivity contribution in [3.63, 3.8) is 0 Å². The van der Waals surface area contributed by atoms with E-state index in [0.717, 1.165) is 10.7 Å². The van der Waals surface area contributed by atoms with Crippen LogP contribution in [-0.4, -0.2) is 45.1 Å². The number of para-hydroxylation sites is 1. The summed E-state index contributed by atoms with van der Waals surface area (Å²) < 4.78 is 11.6. The summed E-state index contributed by atoms with van der Waals surface area (Å²) in [5, 5.41) is 25.5. The van der Waals surface area contributed by atoms with Crippen LogP contribution in [0.15, 0.2) is 76.6 Å². The van der Waals surface area contributed by atoms with Gasteiger partial charge in [-0.3, -0.25) is 14.9 Å². The normalized spacial score (nSPS) is 11.9. The maximum absolute atomic E-state index is 13.3. The van der Waals surface area contributed by atoms with E-state index in [0.29, 0.717) is 16.5 Å². The molecule has 0 radical (unpaired) electrons. The van der Waals surface area contributed by atoms with Crippen LogP contribution in [0.4, 0.5) is 5.69 Å². The predicted molar refractivity (Wildman–Crippen MR) is 132 cm³/mol. The predicted octanol–water partition coefficient (Wildman–Crippen LogP) is 3.71. The molecule has 36 heavy (non-hydrogen) atoms. The number of carboxylic acid groups (broad SMARTS) is 1. The van der Waals surface area contributed by atoms with E-state index < -0.39 is 28.2 Å². The van der Waals surface area contributed by atoms with Crippen LogP contribution in [0.5, 0.6) is 11.5 Å². The molecule has 0 aliphatic carbocycles. The van der Waals surface area contributed by atoms with Crippen LogP contribution in [0.2, 0.25) is 0 Å². The minimum Gasteiger partial charge on any atom is -0.493 e. The molecule has 1 atom stereocenters. The molecule has 0 spiro atoms. The fourth-order valence-corrected chi connectivity index (χ4v) is 3.44. The number of methoxy groups -OCH3 is 1. The number of ether oxygens (including phenoxy) is 2. The van der Waals surface area contributed by atoms with Gasteiger partial charge in [-0.25, -0.2) is 9.78 Å². The molecule has 4 rings (SSSR count). The van der Waals surface area contributed by atoms with E-state index in [2.05, 4.69) is 10.1 Å². The van der Waals surface area contributed by atoms with Gasteiger partial charge >= 0.3 is 11.7 Å². The quantitative estimate of drug-likeness (QED) is 0.224. The van der Waals surface area contributed by atoms with Crippen LogP contribution >= 0.6 is 0 Å². The monoisotopic (exact) mass is 488 g/mol. The Morgan fingerprint density at radius 3 is 2.53 bits per heavy atom. The highest BCUT2D eigenvalue weighted by atomic mass is 16.6. The standard InChI is InChI=1S/C25H20N4O7/c1-15(25(31)32)36-22-20(29(33)34)12-16(13-21(22)35-2)14-26-28-23(17-8-4-3-5-9-17)27-19-11-7-6-10-18(19)24(28)30/h3-15H,1-2H3,(H,31,32)/t15-/m0/s1. The highest BCUT2D eigenvalue weighted by molar-refractivity contribution is 5.84. The lowest BCUT2D eigenvalue weighted by molar-refractivity contribution is -0.386. The zero-order chi connectivity index (χ0) is 25.8. The van der Waals surface area contributed by atoms with Gasteiger partial charge in [0.25, 0.3) is 5.56 Å². The minimum atomic E-state index is -1.35. The van der Waals surface area contributed by atoms with E-state index in [1.165, 1.54) is 26.3 Å². The van der Waals surface area contributed by atoms with E-state index in [1.54, 1.807) is 48.5 Å². The molecule has 1 aromatic heterocycles. The molecular formula is C25H20N4O7. The largest absolute Gasteiger partial charge is 0.493 e. The number of nitrogens with zero attached hydrogens (tertiary/aromatic N) is 4. The first-order valence-electron chi connectivity index (χ1n) is 10.7. The number of nitro benzene ring substituents is 1. The zero-order valence-corrected chi connectivity index (χ0v) is 19.2. The first kappa shape index (κ1) is 24.1. The van der Waals surface area contributed by atoms with Crippen LogP contribution in [0.25, 0.3) is 22.3 Å². The third-order valence-electron chi connectivity index (χ3n) is 5.22. The van der Waals surface area contributed by atoms with Crippen LogP contribution < -0.4 is 15.0 Å². The Labute approximate surface area is 204 Å². The molecule has 1 heterocycles. The first-order chi connectivity index (χ1) is 17.3. The van der Waals surface area contributed by atoms with Gasteiger partial charge in [0, 0.05) is 17.2 Å². The Bertz CT molecular complexity index is 1550. The van der Waals surface area contributed by atoms with Crippen molar-refractivity contribution < 1.29 is 24.3 Å². The highest BCUT2D eigenvalue weighted by Crippen LogP contribution is 2.38. The third kappa shape index (κ3) is 4.75. The molecule has 0 aliphatic rings. The number of rotatable bonds is 8. The van der Waals surface area contributed by atoms with Crippen LogP contribution in [0, 0.1) is 10.1 Å². The second kappa shape index (κ2) is 10.1. The number of aromatic nitrogens is 2. The molecule has 0 saturated carbocycles. The fourth-order valence-electron chi connectivity index (χ4n) is 3.44. The number of carboxylic acids is 1. The van der Waals surface area contributed by atoms with Crippen molar-refractivity contribution >= 4 is 28.8 Å². The first-order valence-corrected chi connectivity index (χ1v) is 10.7. The Morgan fingerprint density at radius 1 is 1.17 bits per heavy atom. The summed E-state index contributed by atoms with van der Waals surface area (Å²) in [5.41, 5.74) is 0.420. The molecule has 1 N–H and O–H groups in total. The van der Waals surface area contributed by atoms with Crippen molar-refractivity contribution in [1.29, 1.82) is 0 Å². The maximum Gasteiger partial charge on any atom is 0.344 e. The molecule has 0 amide bonds. The SMILES string of the molecule is COc1cc(C=Nn2c(-c3ccccc3)nc3ccccc3c2=O)cc([N+](=O)[O-])c1O[C@@H](C)C(=O)O. The Balaban J connectivity index is 1.86. The van der Waals surface area contributed by atoms with Crippen molar-refractivity contribution in [3.8, 4) is 22.9 Å². The smallest absolute Gasteiger partial charge is 0.344 e. The lowest BCUT2D eigenvalue weighted by Gasteiger charge is -2.14. The van der Waals surface area contributed by atoms with Gasteiger partial charge < -0.3 is 14.6 Å². The molecule has 0 bridgehead atoms. The summed E-state index contributed by atoms with van der Waals surface area (Å²) in [7, 11) is 1.27. The number of hydrogen-bond acceptors (Lipinski definition) is 8. The Morgan fingerprint density at radius 2 is 1.86 bits per heavy atom. The number of benzene rings is 3. The Hall–Kier alpha value is -5.06. The summed E-state index contributed by atoms with van der Waals surface area (Å²) in [6.07, 6.45) is -0.0997. The van der Waals surface area contributed by atoms with Crippen molar-refractivity contribution in [2.24, 2.45) is 5.10 Å². The van der Waals surface area contributed by atoms with Gasteiger partial charge in [0.05, 0.1) is 29.2 Å². The van der Waals surface area contributed by atoms with E-state index >= 15 is 0 Å². The molecule has 182 valence electrons.